The minimum atomic E-state index is -0.492. The summed E-state index contributed by atoms with van der Waals surface area (Å²) in [6.45, 7) is 5.63. The fourth-order valence-corrected chi connectivity index (χ4v) is 1.22. The van der Waals surface area contributed by atoms with Gasteiger partial charge in [-0.15, -0.1) is 0 Å². The van der Waals surface area contributed by atoms with Gasteiger partial charge >= 0.3 is 5.97 Å². The van der Waals surface area contributed by atoms with Crippen molar-refractivity contribution in [3.63, 3.8) is 0 Å². The molecule has 0 saturated carbocycles. The molecule has 0 radical (unpaired) electrons. The molecule has 1 heterocycles. The number of carbonyl (C=O) groups excluding carboxylic acids is 1. The van der Waals surface area contributed by atoms with Gasteiger partial charge in [-0.3, -0.25) is 0 Å². The molecular weight excluding hydrogens is 180 g/mol. The second kappa shape index (κ2) is 3.65. The Morgan fingerprint density at radius 1 is 1.29 bits per heavy atom. The zero-order chi connectivity index (χ0) is 10.9. The number of hydrogen-bond acceptors (Lipinski definition) is 4. The molecule has 0 aliphatic rings. The predicted octanol–water partition coefficient (Wildman–Crippen LogP) is 1.38. The van der Waals surface area contributed by atoms with Crippen molar-refractivity contribution < 1.29 is 9.53 Å². The first-order valence-electron chi connectivity index (χ1n) is 4.30. The van der Waals surface area contributed by atoms with Crippen LogP contribution < -0.4 is 5.73 Å². The van der Waals surface area contributed by atoms with Gasteiger partial charge in [0.1, 0.15) is 0 Å². The highest BCUT2D eigenvalue weighted by Crippen LogP contribution is 2.21. The second-order valence-electron chi connectivity index (χ2n) is 3.20. The van der Waals surface area contributed by atoms with Crippen LogP contribution in [0.2, 0.25) is 0 Å². The van der Waals surface area contributed by atoms with Gasteiger partial charge in [0.25, 0.3) is 0 Å². The van der Waals surface area contributed by atoms with Crippen molar-refractivity contribution in [3.05, 3.63) is 22.5 Å². The lowest BCUT2D eigenvalue weighted by atomic mass is 10.1. The summed E-state index contributed by atoms with van der Waals surface area (Å²) in [5.74, 6) is -0.492. The Bertz CT molecular complexity index is 386. The Morgan fingerprint density at radius 3 is 2.36 bits per heavy atom. The maximum atomic E-state index is 11.3. The van der Waals surface area contributed by atoms with Crippen molar-refractivity contribution in [3.8, 4) is 0 Å². The average Bonchev–Trinajstić information content (AvgIpc) is 2.19. The van der Waals surface area contributed by atoms with Crippen molar-refractivity contribution >= 4 is 11.7 Å². The van der Waals surface area contributed by atoms with E-state index in [1.165, 1.54) is 7.11 Å². The molecule has 4 heteroatoms. The van der Waals surface area contributed by atoms with Crippen LogP contribution in [0.4, 0.5) is 5.69 Å². The lowest BCUT2D eigenvalue weighted by molar-refractivity contribution is 0.0595. The molecular formula is C10H14N2O2. The van der Waals surface area contributed by atoms with Gasteiger partial charge in [0, 0.05) is 5.69 Å². The molecule has 2 N–H and O–H groups in total. The minimum Gasteiger partial charge on any atom is -0.464 e. The standard InChI is InChI=1S/C10H14N2O2/c1-5-6(2)8(11)9(10(13)14-4)12-7(5)3/h11H2,1-4H3. The molecule has 0 amide bonds. The summed E-state index contributed by atoms with van der Waals surface area (Å²) in [5.41, 5.74) is 9.07. The summed E-state index contributed by atoms with van der Waals surface area (Å²) in [5, 5.41) is 0. The number of aromatic nitrogens is 1. The number of carbonyl (C=O) groups is 1. The average molecular weight is 194 g/mol. The molecule has 1 rings (SSSR count). The molecule has 0 aliphatic carbocycles. The molecule has 0 fully saturated rings. The zero-order valence-electron chi connectivity index (χ0n) is 8.84. The summed E-state index contributed by atoms with van der Waals surface area (Å²) in [4.78, 5) is 15.4. The SMILES string of the molecule is COC(=O)c1nc(C)c(C)c(C)c1N. The van der Waals surface area contributed by atoms with Crippen LogP contribution in [-0.2, 0) is 4.74 Å². The molecule has 0 aliphatic heterocycles. The number of pyridine rings is 1. The van der Waals surface area contributed by atoms with Gasteiger partial charge in [0.05, 0.1) is 12.8 Å². The number of nitrogens with zero attached hydrogens (tertiary/aromatic N) is 1. The van der Waals surface area contributed by atoms with E-state index in [9.17, 15) is 4.79 Å². The van der Waals surface area contributed by atoms with E-state index < -0.39 is 5.97 Å². The number of rotatable bonds is 1. The van der Waals surface area contributed by atoms with Crippen LogP contribution in [0.1, 0.15) is 27.3 Å². The molecule has 0 unspecified atom stereocenters. The number of nitrogen functional groups attached to an aromatic ring is 1. The molecule has 76 valence electrons. The number of anilines is 1. The van der Waals surface area contributed by atoms with E-state index in [1.54, 1.807) is 0 Å². The van der Waals surface area contributed by atoms with E-state index in [2.05, 4.69) is 9.72 Å². The fraction of sp³-hybridized carbons (Fsp3) is 0.400. The molecule has 4 nitrogen and oxygen atoms in total. The van der Waals surface area contributed by atoms with Gasteiger partial charge < -0.3 is 10.5 Å². The van der Waals surface area contributed by atoms with Gasteiger partial charge in [-0.1, -0.05) is 0 Å². The van der Waals surface area contributed by atoms with Gasteiger partial charge in [0.2, 0.25) is 0 Å². The highest BCUT2D eigenvalue weighted by Gasteiger charge is 2.16. The number of aryl methyl sites for hydroxylation is 1. The molecule has 0 spiro atoms. The number of esters is 1. The van der Waals surface area contributed by atoms with E-state index in [0.717, 1.165) is 16.8 Å². The van der Waals surface area contributed by atoms with Crippen molar-refractivity contribution in [2.45, 2.75) is 20.8 Å². The van der Waals surface area contributed by atoms with Crippen molar-refractivity contribution in [2.75, 3.05) is 12.8 Å². The van der Waals surface area contributed by atoms with Crippen LogP contribution in [0.3, 0.4) is 0 Å². The first-order valence-corrected chi connectivity index (χ1v) is 4.30. The molecule has 1 aromatic rings. The molecule has 0 saturated heterocycles. The predicted molar refractivity (Wildman–Crippen MR) is 54.2 cm³/mol. The molecule has 0 bridgehead atoms. The van der Waals surface area contributed by atoms with E-state index in [4.69, 9.17) is 5.73 Å². The third-order valence-corrected chi connectivity index (χ3v) is 2.42. The summed E-state index contributed by atoms with van der Waals surface area (Å²) >= 11 is 0. The maximum absolute atomic E-state index is 11.3. The first kappa shape index (κ1) is 10.5. The van der Waals surface area contributed by atoms with E-state index in [0.29, 0.717) is 5.69 Å². The Kier molecular flexibility index (Phi) is 2.74. The third kappa shape index (κ3) is 1.55. The maximum Gasteiger partial charge on any atom is 0.358 e. The Morgan fingerprint density at radius 2 is 1.86 bits per heavy atom. The zero-order valence-corrected chi connectivity index (χ0v) is 8.84. The van der Waals surface area contributed by atoms with Crippen LogP contribution in [-0.4, -0.2) is 18.1 Å². The van der Waals surface area contributed by atoms with E-state index >= 15 is 0 Å². The Hall–Kier alpha value is -1.58. The lowest BCUT2D eigenvalue weighted by Crippen LogP contribution is -2.12. The summed E-state index contributed by atoms with van der Waals surface area (Å²) in [7, 11) is 1.31. The molecule has 1 aromatic heterocycles. The number of ether oxygens (including phenoxy) is 1. The topological polar surface area (TPSA) is 65.2 Å². The van der Waals surface area contributed by atoms with Crippen molar-refractivity contribution in [2.24, 2.45) is 0 Å². The smallest absolute Gasteiger partial charge is 0.358 e. The van der Waals surface area contributed by atoms with Gasteiger partial charge in [-0.05, 0) is 31.9 Å². The molecule has 0 aromatic carbocycles. The van der Waals surface area contributed by atoms with Crippen LogP contribution in [0.25, 0.3) is 0 Å². The number of methoxy groups -OCH3 is 1. The normalized spacial score (nSPS) is 10.0. The molecule has 0 atom stereocenters. The number of hydrogen-bond donors (Lipinski definition) is 1. The highest BCUT2D eigenvalue weighted by molar-refractivity contribution is 5.93. The first-order chi connectivity index (χ1) is 6.49. The van der Waals surface area contributed by atoms with Crippen LogP contribution in [0.5, 0.6) is 0 Å². The second-order valence-corrected chi connectivity index (χ2v) is 3.20. The monoisotopic (exact) mass is 194 g/mol. The minimum absolute atomic E-state index is 0.202. The fourth-order valence-electron chi connectivity index (χ4n) is 1.22. The van der Waals surface area contributed by atoms with E-state index in [-0.39, 0.29) is 5.69 Å². The van der Waals surface area contributed by atoms with Crippen LogP contribution >= 0.6 is 0 Å². The lowest BCUT2D eigenvalue weighted by Gasteiger charge is -2.10. The quantitative estimate of drug-likeness (QED) is 0.686. The van der Waals surface area contributed by atoms with Crippen LogP contribution in [0.15, 0.2) is 0 Å². The summed E-state index contributed by atoms with van der Waals surface area (Å²) < 4.78 is 4.59. The summed E-state index contributed by atoms with van der Waals surface area (Å²) in [6.07, 6.45) is 0. The van der Waals surface area contributed by atoms with E-state index in [1.807, 2.05) is 20.8 Å². The highest BCUT2D eigenvalue weighted by atomic mass is 16.5. The largest absolute Gasteiger partial charge is 0.464 e. The Balaban J connectivity index is 3.40. The third-order valence-electron chi connectivity index (χ3n) is 2.42. The number of nitrogens with two attached hydrogens (primary N) is 1. The molecule has 14 heavy (non-hydrogen) atoms. The Labute approximate surface area is 83.1 Å². The van der Waals surface area contributed by atoms with Crippen LogP contribution in [0, 0.1) is 20.8 Å². The van der Waals surface area contributed by atoms with Gasteiger partial charge in [-0.25, -0.2) is 9.78 Å². The van der Waals surface area contributed by atoms with Crippen molar-refractivity contribution in [1.29, 1.82) is 0 Å². The van der Waals surface area contributed by atoms with Gasteiger partial charge in [-0.2, -0.15) is 0 Å². The summed E-state index contributed by atoms with van der Waals surface area (Å²) in [6, 6.07) is 0. The van der Waals surface area contributed by atoms with Crippen molar-refractivity contribution in [1.82, 2.24) is 4.98 Å². The van der Waals surface area contributed by atoms with Gasteiger partial charge in [0.15, 0.2) is 5.69 Å².